The van der Waals surface area contributed by atoms with Crippen LogP contribution in [-0.4, -0.2) is 47.6 Å². The van der Waals surface area contributed by atoms with E-state index in [-0.39, 0.29) is 17.3 Å². The Bertz CT molecular complexity index is 450. The molecule has 20 heavy (non-hydrogen) atoms. The normalized spacial score (nSPS) is 12.7. The first kappa shape index (κ1) is 16.2. The first-order chi connectivity index (χ1) is 9.29. The van der Waals surface area contributed by atoms with Crippen LogP contribution < -0.4 is 11.1 Å². The fourth-order valence-corrected chi connectivity index (χ4v) is 2.13. The van der Waals surface area contributed by atoms with E-state index in [1.807, 2.05) is 14.1 Å². The van der Waals surface area contributed by atoms with E-state index in [2.05, 4.69) is 29.0 Å². The number of hydrogen-bond acceptors (Lipinski definition) is 5. The lowest BCUT2D eigenvalue weighted by atomic mass is 10.0. The summed E-state index contributed by atoms with van der Waals surface area (Å²) in [6.45, 7) is 5.17. The van der Waals surface area contributed by atoms with E-state index in [9.17, 15) is 4.79 Å². The Kier molecular flexibility index (Phi) is 5.76. The Hall–Kier alpha value is -1.82. The standard InChI is InChI=1S/C14H24N4O2/c1-9(2)5-10(8-18(3)4)17-13-6-11(14(19)20)12(15)7-16-13/h6-7,9-10H,5,8,15H2,1-4H3,(H,16,17)(H,19,20). The molecule has 0 amide bonds. The molecule has 1 rings (SSSR count). The number of anilines is 2. The molecule has 6 nitrogen and oxygen atoms in total. The number of carboxylic acids is 1. The summed E-state index contributed by atoms with van der Waals surface area (Å²) in [7, 11) is 4.02. The van der Waals surface area contributed by atoms with Gasteiger partial charge in [0.05, 0.1) is 17.4 Å². The maximum atomic E-state index is 11.1. The molecule has 1 unspecified atom stereocenters. The molecule has 0 spiro atoms. The van der Waals surface area contributed by atoms with E-state index in [0.29, 0.717) is 11.7 Å². The van der Waals surface area contributed by atoms with Crippen molar-refractivity contribution in [3.05, 3.63) is 17.8 Å². The smallest absolute Gasteiger partial charge is 0.337 e. The molecule has 0 aliphatic carbocycles. The first-order valence-electron chi connectivity index (χ1n) is 6.69. The van der Waals surface area contributed by atoms with Crippen molar-refractivity contribution in [1.82, 2.24) is 9.88 Å². The van der Waals surface area contributed by atoms with Crippen molar-refractivity contribution in [2.45, 2.75) is 26.3 Å². The van der Waals surface area contributed by atoms with Crippen molar-refractivity contribution in [1.29, 1.82) is 0 Å². The van der Waals surface area contributed by atoms with Crippen LogP contribution in [0.5, 0.6) is 0 Å². The zero-order valence-electron chi connectivity index (χ0n) is 12.6. The minimum absolute atomic E-state index is 0.0793. The minimum Gasteiger partial charge on any atom is -0.478 e. The molecule has 0 aliphatic rings. The van der Waals surface area contributed by atoms with Crippen molar-refractivity contribution in [2.75, 3.05) is 31.7 Å². The summed E-state index contributed by atoms with van der Waals surface area (Å²) in [5.74, 6) is 0.0465. The quantitative estimate of drug-likeness (QED) is 0.705. The van der Waals surface area contributed by atoms with Gasteiger partial charge in [-0.15, -0.1) is 0 Å². The second-order valence-electron chi connectivity index (χ2n) is 5.69. The van der Waals surface area contributed by atoms with Gasteiger partial charge in [-0.25, -0.2) is 9.78 Å². The molecule has 0 saturated carbocycles. The number of aromatic carboxylic acids is 1. The zero-order valence-corrected chi connectivity index (χ0v) is 12.6. The third kappa shape index (κ3) is 5.05. The van der Waals surface area contributed by atoms with Gasteiger partial charge in [-0.3, -0.25) is 0 Å². The highest BCUT2D eigenvalue weighted by molar-refractivity contribution is 5.94. The Morgan fingerprint density at radius 2 is 2.15 bits per heavy atom. The van der Waals surface area contributed by atoms with Gasteiger partial charge in [0, 0.05) is 12.6 Å². The van der Waals surface area contributed by atoms with Gasteiger partial charge >= 0.3 is 5.97 Å². The third-order valence-corrected chi connectivity index (χ3v) is 2.86. The number of nitrogen functional groups attached to an aromatic ring is 1. The largest absolute Gasteiger partial charge is 0.478 e. The van der Waals surface area contributed by atoms with Gasteiger partial charge in [-0.1, -0.05) is 13.8 Å². The van der Waals surface area contributed by atoms with Crippen molar-refractivity contribution < 1.29 is 9.90 Å². The van der Waals surface area contributed by atoms with Gasteiger partial charge in [0.1, 0.15) is 5.82 Å². The fourth-order valence-electron chi connectivity index (χ4n) is 2.13. The monoisotopic (exact) mass is 280 g/mol. The lowest BCUT2D eigenvalue weighted by molar-refractivity contribution is 0.0698. The summed E-state index contributed by atoms with van der Waals surface area (Å²) >= 11 is 0. The molecule has 0 aromatic carbocycles. The summed E-state index contributed by atoms with van der Waals surface area (Å²) in [5, 5.41) is 12.4. The van der Waals surface area contributed by atoms with E-state index in [1.54, 1.807) is 0 Å². The molecule has 0 fully saturated rings. The topological polar surface area (TPSA) is 91.5 Å². The number of carbonyl (C=O) groups is 1. The van der Waals surface area contributed by atoms with Crippen LogP contribution in [0.1, 0.15) is 30.6 Å². The van der Waals surface area contributed by atoms with Gasteiger partial charge in [-0.2, -0.15) is 0 Å². The van der Waals surface area contributed by atoms with Crippen LogP contribution in [-0.2, 0) is 0 Å². The molecule has 0 saturated heterocycles. The van der Waals surface area contributed by atoms with E-state index in [1.165, 1.54) is 12.3 Å². The summed E-state index contributed by atoms with van der Waals surface area (Å²) in [5.41, 5.74) is 5.86. The summed E-state index contributed by atoms with van der Waals surface area (Å²) in [6, 6.07) is 1.70. The number of nitrogens with one attached hydrogen (secondary N) is 1. The Morgan fingerprint density at radius 1 is 1.50 bits per heavy atom. The van der Waals surface area contributed by atoms with E-state index in [4.69, 9.17) is 10.8 Å². The van der Waals surface area contributed by atoms with E-state index in [0.717, 1.165) is 13.0 Å². The molecule has 6 heteroatoms. The second-order valence-corrected chi connectivity index (χ2v) is 5.69. The van der Waals surface area contributed by atoms with Crippen molar-refractivity contribution in [3.8, 4) is 0 Å². The summed E-state index contributed by atoms with van der Waals surface area (Å²) in [4.78, 5) is 17.3. The highest BCUT2D eigenvalue weighted by Crippen LogP contribution is 2.17. The number of nitrogens with zero attached hydrogens (tertiary/aromatic N) is 2. The number of nitrogens with two attached hydrogens (primary N) is 1. The number of likely N-dealkylation sites (N-methyl/N-ethyl adjacent to an activating group) is 1. The number of carboxylic acid groups (broad SMARTS) is 1. The molecule has 1 aromatic rings. The lowest BCUT2D eigenvalue weighted by Crippen LogP contribution is -2.33. The average Bonchev–Trinajstić information content (AvgIpc) is 2.29. The predicted molar refractivity (Wildman–Crippen MR) is 81.0 cm³/mol. The van der Waals surface area contributed by atoms with Gasteiger partial charge in [0.15, 0.2) is 0 Å². The van der Waals surface area contributed by atoms with Gasteiger partial charge in [-0.05, 0) is 32.5 Å². The van der Waals surface area contributed by atoms with E-state index >= 15 is 0 Å². The summed E-state index contributed by atoms with van der Waals surface area (Å²) < 4.78 is 0. The number of rotatable bonds is 7. The van der Waals surface area contributed by atoms with Crippen LogP contribution in [0.3, 0.4) is 0 Å². The molecule has 1 heterocycles. The van der Waals surface area contributed by atoms with Crippen LogP contribution in [0, 0.1) is 5.92 Å². The predicted octanol–water partition coefficient (Wildman–Crippen LogP) is 1.75. The van der Waals surface area contributed by atoms with Gasteiger partial charge in [0.25, 0.3) is 0 Å². The van der Waals surface area contributed by atoms with Crippen LogP contribution >= 0.6 is 0 Å². The molecule has 0 radical (unpaired) electrons. The molecule has 0 aliphatic heterocycles. The molecule has 4 N–H and O–H groups in total. The van der Waals surface area contributed by atoms with Crippen molar-refractivity contribution in [2.24, 2.45) is 5.92 Å². The molecular formula is C14H24N4O2. The molecule has 1 aromatic heterocycles. The molecular weight excluding hydrogens is 256 g/mol. The van der Waals surface area contributed by atoms with Crippen LogP contribution in [0.2, 0.25) is 0 Å². The first-order valence-corrected chi connectivity index (χ1v) is 6.69. The van der Waals surface area contributed by atoms with Crippen LogP contribution in [0.25, 0.3) is 0 Å². The SMILES string of the molecule is CC(C)CC(CN(C)C)Nc1cc(C(=O)O)c(N)cn1. The highest BCUT2D eigenvalue weighted by Gasteiger charge is 2.15. The number of aromatic nitrogens is 1. The highest BCUT2D eigenvalue weighted by atomic mass is 16.4. The zero-order chi connectivity index (χ0) is 15.3. The number of pyridine rings is 1. The van der Waals surface area contributed by atoms with Gasteiger partial charge in [0.2, 0.25) is 0 Å². The second kappa shape index (κ2) is 7.09. The Morgan fingerprint density at radius 3 is 2.65 bits per heavy atom. The van der Waals surface area contributed by atoms with Crippen LogP contribution in [0.15, 0.2) is 12.3 Å². The lowest BCUT2D eigenvalue weighted by Gasteiger charge is -2.24. The Labute approximate surface area is 120 Å². The summed E-state index contributed by atoms with van der Waals surface area (Å²) in [6.07, 6.45) is 2.36. The molecule has 0 bridgehead atoms. The maximum Gasteiger partial charge on any atom is 0.337 e. The third-order valence-electron chi connectivity index (χ3n) is 2.86. The average molecular weight is 280 g/mol. The number of hydrogen-bond donors (Lipinski definition) is 3. The minimum atomic E-state index is -1.04. The van der Waals surface area contributed by atoms with Crippen molar-refractivity contribution >= 4 is 17.5 Å². The van der Waals surface area contributed by atoms with Crippen molar-refractivity contribution in [3.63, 3.8) is 0 Å². The molecule has 1 atom stereocenters. The molecule has 112 valence electrons. The van der Waals surface area contributed by atoms with E-state index < -0.39 is 5.97 Å². The van der Waals surface area contributed by atoms with Crippen LogP contribution in [0.4, 0.5) is 11.5 Å². The fraction of sp³-hybridized carbons (Fsp3) is 0.571. The Balaban J connectivity index is 2.87. The maximum absolute atomic E-state index is 11.1. The van der Waals surface area contributed by atoms with Gasteiger partial charge < -0.3 is 21.1 Å².